The third kappa shape index (κ3) is 5.31. The molecule has 2 aromatic carbocycles. The number of nitrogens with zero attached hydrogens (tertiary/aromatic N) is 8. The number of halogens is 1. The van der Waals surface area contributed by atoms with Crippen molar-refractivity contribution >= 4 is 17.3 Å². The van der Waals surface area contributed by atoms with Crippen LogP contribution in [-0.2, 0) is 18.5 Å². The maximum atomic E-state index is 5.98. The first kappa shape index (κ1) is 22.2. The van der Waals surface area contributed by atoms with Gasteiger partial charge in [-0.25, -0.2) is 9.67 Å². The Kier molecular flexibility index (Phi) is 6.39. The summed E-state index contributed by atoms with van der Waals surface area (Å²) in [7, 11) is 1.72. The van der Waals surface area contributed by atoms with Gasteiger partial charge in [0.05, 0.1) is 6.20 Å². The van der Waals surface area contributed by atoms with Crippen LogP contribution in [0.15, 0.2) is 82.5 Å². The molecule has 5 rings (SSSR count). The summed E-state index contributed by atoms with van der Waals surface area (Å²) in [4.78, 5) is 9.82. The molecule has 0 fully saturated rings. The lowest BCUT2D eigenvalue weighted by Gasteiger charge is -2.05. The summed E-state index contributed by atoms with van der Waals surface area (Å²) in [5, 5.41) is 24.4. The van der Waals surface area contributed by atoms with Gasteiger partial charge in [0.1, 0.15) is 17.2 Å². The highest BCUT2D eigenvalue weighted by molar-refractivity contribution is 6.30. The van der Waals surface area contributed by atoms with Crippen molar-refractivity contribution in [3.63, 3.8) is 0 Å². The maximum absolute atomic E-state index is 5.98. The van der Waals surface area contributed by atoms with E-state index >= 15 is 0 Å². The Morgan fingerprint density at radius 2 is 1.89 bits per heavy atom. The second-order valence-corrected chi connectivity index (χ2v) is 7.58. The van der Waals surface area contributed by atoms with Crippen molar-refractivity contribution in [2.75, 3.05) is 0 Å². The first-order valence-electron chi connectivity index (χ1n) is 10.4. The van der Waals surface area contributed by atoms with Gasteiger partial charge < -0.3 is 14.0 Å². The van der Waals surface area contributed by atoms with Crippen LogP contribution in [0.2, 0.25) is 5.02 Å². The average molecular weight is 489 g/mol. The Labute approximate surface area is 204 Å². The van der Waals surface area contributed by atoms with Crippen LogP contribution in [0.5, 0.6) is 11.5 Å². The second-order valence-electron chi connectivity index (χ2n) is 7.14. The lowest BCUT2D eigenvalue weighted by molar-refractivity contribution is 0.111. The molecule has 174 valence electrons. The smallest absolute Gasteiger partial charge is 0.266 e. The zero-order chi connectivity index (χ0) is 24.0. The molecule has 11 nitrogen and oxygen atoms in total. The van der Waals surface area contributed by atoms with Crippen LogP contribution in [0.3, 0.4) is 0 Å². The van der Waals surface area contributed by atoms with Crippen molar-refractivity contribution in [2.24, 2.45) is 12.2 Å². The van der Waals surface area contributed by atoms with E-state index in [2.05, 4.69) is 35.9 Å². The molecular weight excluding hydrogens is 472 g/mol. The minimum atomic E-state index is -0.0510. The number of tetrazole rings is 1. The molecule has 0 spiro atoms. The van der Waals surface area contributed by atoms with Gasteiger partial charge in [-0.05, 0) is 40.8 Å². The van der Waals surface area contributed by atoms with E-state index in [1.54, 1.807) is 49.6 Å². The molecule has 0 amide bonds. The molecule has 5 aromatic rings. The van der Waals surface area contributed by atoms with E-state index in [1.165, 1.54) is 4.68 Å². The van der Waals surface area contributed by atoms with Crippen molar-refractivity contribution < 1.29 is 14.0 Å². The largest absolute Gasteiger partial charge is 0.456 e. The van der Waals surface area contributed by atoms with Gasteiger partial charge in [0, 0.05) is 17.6 Å². The van der Waals surface area contributed by atoms with Crippen LogP contribution < -0.4 is 4.74 Å². The molecule has 12 heteroatoms. The Morgan fingerprint density at radius 3 is 2.63 bits per heavy atom. The molecule has 0 aliphatic rings. The van der Waals surface area contributed by atoms with E-state index < -0.39 is 0 Å². The van der Waals surface area contributed by atoms with Crippen molar-refractivity contribution in [2.45, 2.75) is 6.61 Å². The van der Waals surface area contributed by atoms with Crippen molar-refractivity contribution in [1.29, 1.82) is 0 Å². The quantitative estimate of drug-likeness (QED) is 0.234. The fourth-order valence-electron chi connectivity index (χ4n) is 3.05. The van der Waals surface area contributed by atoms with E-state index in [4.69, 9.17) is 25.6 Å². The topological polar surface area (TPSA) is 126 Å². The highest BCUT2D eigenvalue weighted by Gasteiger charge is 2.16. The predicted octanol–water partition coefficient (Wildman–Crippen LogP) is 4.07. The molecule has 0 aliphatic carbocycles. The van der Waals surface area contributed by atoms with Crippen LogP contribution in [0.4, 0.5) is 0 Å². The highest BCUT2D eigenvalue weighted by Crippen LogP contribution is 2.25. The zero-order valence-corrected chi connectivity index (χ0v) is 19.1. The Morgan fingerprint density at radius 1 is 1.00 bits per heavy atom. The number of ether oxygens (including phenoxy) is 1. The van der Waals surface area contributed by atoms with Gasteiger partial charge in [-0.3, -0.25) is 0 Å². The molecular formula is C23H17ClN8O3. The molecule has 0 unspecified atom stereocenters. The Balaban J connectivity index is 1.26. The fraction of sp³-hybridized carbons (Fsp3) is 0.0870. The standard InChI is InChI=1S/C23H17ClN8O3/c1-32-22(27-30-31-32)21(15-6-3-2-4-7-15)29-33-14-20-26-28-23(35-20)19-11-10-18(13-25-19)34-17-9-5-8-16(24)12-17/h2-13H,14H2,1H3/b29-21-. The molecule has 3 aromatic heterocycles. The molecule has 0 saturated carbocycles. The van der Waals surface area contributed by atoms with Crippen LogP contribution in [0.25, 0.3) is 11.6 Å². The molecule has 3 heterocycles. The number of benzene rings is 2. The van der Waals surface area contributed by atoms with Crippen LogP contribution >= 0.6 is 11.6 Å². The third-order valence-electron chi connectivity index (χ3n) is 4.68. The summed E-state index contributed by atoms with van der Waals surface area (Å²) >= 11 is 5.98. The van der Waals surface area contributed by atoms with Gasteiger partial charge in [0.15, 0.2) is 12.3 Å². The minimum absolute atomic E-state index is 0.0510. The number of rotatable bonds is 8. The summed E-state index contributed by atoms with van der Waals surface area (Å²) in [6, 6.07) is 20.0. The predicted molar refractivity (Wildman–Crippen MR) is 125 cm³/mol. The molecule has 35 heavy (non-hydrogen) atoms. The third-order valence-corrected chi connectivity index (χ3v) is 4.91. The van der Waals surface area contributed by atoms with Gasteiger partial charge in [-0.15, -0.1) is 15.3 Å². The summed E-state index contributed by atoms with van der Waals surface area (Å²) in [6.07, 6.45) is 1.56. The van der Waals surface area contributed by atoms with Gasteiger partial charge >= 0.3 is 0 Å². The van der Waals surface area contributed by atoms with E-state index in [9.17, 15) is 0 Å². The number of hydrogen-bond acceptors (Lipinski definition) is 10. The van der Waals surface area contributed by atoms with Crippen molar-refractivity contribution in [1.82, 2.24) is 35.4 Å². The van der Waals surface area contributed by atoms with E-state index in [-0.39, 0.29) is 18.4 Å². The van der Waals surface area contributed by atoms with Gasteiger partial charge in [0.25, 0.3) is 11.8 Å². The van der Waals surface area contributed by atoms with Crippen molar-refractivity contribution in [3.05, 3.63) is 95.2 Å². The molecule has 0 aliphatic heterocycles. The van der Waals surface area contributed by atoms with E-state index in [1.807, 2.05) is 30.3 Å². The summed E-state index contributed by atoms with van der Waals surface area (Å²) < 4.78 is 12.9. The molecule has 0 N–H and O–H groups in total. The van der Waals surface area contributed by atoms with Crippen LogP contribution in [0, 0.1) is 0 Å². The lowest BCUT2D eigenvalue weighted by atomic mass is 10.1. The van der Waals surface area contributed by atoms with Crippen molar-refractivity contribution in [3.8, 4) is 23.1 Å². The summed E-state index contributed by atoms with van der Waals surface area (Å²) in [5.74, 6) is 2.07. The number of aryl methyl sites for hydroxylation is 1. The van der Waals surface area contributed by atoms with Gasteiger partial charge in [-0.2, -0.15) is 0 Å². The zero-order valence-electron chi connectivity index (χ0n) is 18.3. The second kappa shape index (κ2) is 10.1. The lowest BCUT2D eigenvalue weighted by Crippen LogP contribution is -2.12. The number of oxime groups is 1. The first-order chi connectivity index (χ1) is 17.2. The SMILES string of the molecule is Cn1nnnc1/C(=N\OCc1nnc(-c2ccc(Oc3cccc(Cl)c3)cn2)o1)c1ccccc1. The molecule has 0 radical (unpaired) electrons. The maximum Gasteiger partial charge on any atom is 0.266 e. The number of pyridine rings is 1. The average Bonchev–Trinajstić information content (AvgIpc) is 3.52. The van der Waals surface area contributed by atoms with Crippen LogP contribution in [0.1, 0.15) is 17.3 Å². The van der Waals surface area contributed by atoms with E-state index in [0.29, 0.717) is 33.8 Å². The molecule has 0 atom stereocenters. The van der Waals surface area contributed by atoms with Gasteiger partial charge in [0.2, 0.25) is 5.82 Å². The number of hydrogen-bond donors (Lipinski definition) is 0. The molecule has 0 bridgehead atoms. The fourth-order valence-corrected chi connectivity index (χ4v) is 3.23. The first-order valence-corrected chi connectivity index (χ1v) is 10.7. The summed E-state index contributed by atoms with van der Waals surface area (Å²) in [5.41, 5.74) is 1.75. The monoisotopic (exact) mass is 488 g/mol. The number of aromatic nitrogens is 7. The van der Waals surface area contributed by atoms with Crippen LogP contribution in [-0.4, -0.2) is 41.1 Å². The minimum Gasteiger partial charge on any atom is -0.456 e. The Hall–Kier alpha value is -4.64. The highest BCUT2D eigenvalue weighted by atomic mass is 35.5. The van der Waals surface area contributed by atoms with E-state index in [0.717, 1.165) is 5.56 Å². The summed E-state index contributed by atoms with van der Waals surface area (Å²) in [6.45, 7) is -0.0510. The normalized spacial score (nSPS) is 11.4. The van der Waals surface area contributed by atoms with Gasteiger partial charge in [-0.1, -0.05) is 53.2 Å². The molecule has 0 saturated heterocycles. The Bertz CT molecular complexity index is 1450.